The first-order valence-corrected chi connectivity index (χ1v) is 9.74. The first-order chi connectivity index (χ1) is 10.4. The molecule has 2 atom stereocenters. The first kappa shape index (κ1) is 14.6. The molecule has 2 fully saturated rings. The van der Waals surface area contributed by atoms with Crippen molar-refractivity contribution in [3.63, 3.8) is 0 Å². The number of piperidine rings is 1. The van der Waals surface area contributed by atoms with E-state index in [0.29, 0.717) is 18.4 Å². The van der Waals surface area contributed by atoms with Gasteiger partial charge >= 0.3 is 0 Å². The van der Waals surface area contributed by atoms with Crippen molar-refractivity contribution in [2.24, 2.45) is 5.14 Å². The van der Waals surface area contributed by atoms with Gasteiger partial charge in [0.2, 0.25) is 0 Å². The van der Waals surface area contributed by atoms with Crippen molar-refractivity contribution < 1.29 is 12.8 Å². The molecule has 1 aromatic carbocycles. The Morgan fingerprint density at radius 2 is 1.86 bits per heavy atom. The molecule has 2 unspecified atom stereocenters. The van der Waals surface area contributed by atoms with Crippen LogP contribution < -0.4 is 5.14 Å². The van der Waals surface area contributed by atoms with E-state index in [4.69, 9.17) is 5.14 Å². The lowest BCUT2D eigenvalue weighted by Crippen LogP contribution is -2.52. The number of hydrogen-bond donors (Lipinski definition) is 1. The maximum atomic E-state index is 15.7. The zero-order chi connectivity index (χ0) is 15.5. The van der Waals surface area contributed by atoms with Gasteiger partial charge in [0.15, 0.2) is 0 Å². The maximum Gasteiger partial charge on any atom is 0.277 e. The Morgan fingerprint density at radius 3 is 2.50 bits per heavy atom. The molecule has 0 spiro atoms. The molecule has 7 heteroatoms. The summed E-state index contributed by atoms with van der Waals surface area (Å²) in [6.45, 7) is 0. The van der Waals surface area contributed by atoms with Gasteiger partial charge in [0.1, 0.15) is 5.67 Å². The van der Waals surface area contributed by atoms with Crippen molar-refractivity contribution in [3.05, 3.63) is 35.2 Å². The fourth-order valence-corrected chi connectivity index (χ4v) is 6.35. The van der Waals surface area contributed by atoms with Crippen LogP contribution in [0, 0.1) is 0 Å². The lowest BCUT2D eigenvalue weighted by molar-refractivity contribution is 0.0495. The van der Waals surface area contributed by atoms with Crippen LogP contribution in [-0.2, 0) is 15.9 Å². The lowest BCUT2D eigenvalue weighted by atomic mass is 9.83. The summed E-state index contributed by atoms with van der Waals surface area (Å²) in [6, 6.07) is 7.14. The molecule has 2 aromatic rings. The monoisotopic (exact) mass is 340 g/mol. The summed E-state index contributed by atoms with van der Waals surface area (Å²) >= 11 is 1.54. The van der Waals surface area contributed by atoms with Gasteiger partial charge in [-0.05, 0) is 29.7 Å². The Kier molecular flexibility index (Phi) is 3.14. The van der Waals surface area contributed by atoms with Gasteiger partial charge in [-0.1, -0.05) is 18.2 Å². The molecular weight excluding hydrogens is 323 g/mol. The number of thiophene rings is 1. The van der Waals surface area contributed by atoms with E-state index in [-0.39, 0.29) is 24.9 Å². The van der Waals surface area contributed by atoms with Crippen LogP contribution in [0.3, 0.4) is 0 Å². The van der Waals surface area contributed by atoms with Crippen LogP contribution in [0.2, 0.25) is 0 Å². The molecule has 4 nitrogen and oxygen atoms in total. The van der Waals surface area contributed by atoms with Crippen molar-refractivity contribution in [1.82, 2.24) is 4.31 Å². The molecule has 2 aliphatic rings. The second-order valence-electron chi connectivity index (χ2n) is 6.28. The predicted molar refractivity (Wildman–Crippen MR) is 85.6 cm³/mol. The van der Waals surface area contributed by atoms with E-state index >= 15 is 4.39 Å². The van der Waals surface area contributed by atoms with Gasteiger partial charge in [-0.25, -0.2) is 9.53 Å². The van der Waals surface area contributed by atoms with Crippen molar-refractivity contribution in [1.29, 1.82) is 0 Å². The van der Waals surface area contributed by atoms with Gasteiger partial charge in [0.05, 0.1) is 0 Å². The molecule has 2 aliphatic heterocycles. The maximum absolute atomic E-state index is 15.7. The number of nitrogens with two attached hydrogens (primary N) is 1. The average Bonchev–Trinajstić information content (AvgIpc) is 2.99. The summed E-state index contributed by atoms with van der Waals surface area (Å²) in [6.07, 6.45) is 1.77. The summed E-state index contributed by atoms with van der Waals surface area (Å²) in [5.41, 5.74) is -0.758. The van der Waals surface area contributed by atoms with Crippen LogP contribution in [-0.4, -0.2) is 24.8 Å². The Balaban J connectivity index is 1.75. The number of alkyl halides is 1. The van der Waals surface area contributed by atoms with Crippen LogP contribution >= 0.6 is 11.3 Å². The largest absolute Gasteiger partial charge is 0.277 e. The van der Waals surface area contributed by atoms with E-state index in [2.05, 4.69) is 0 Å². The van der Waals surface area contributed by atoms with E-state index in [9.17, 15) is 8.42 Å². The zero-order valence-electron chi connectivity index (χ0n) is 11.9. The molecular formula is C15H17FN2O2S2. The van der Waals surface area contributed by atoms with E-state index in [1.807, 2.05) is 29.6 Å². The van der Waals surface area contributed by atoms with Crippen molar-refractivity contribution in [2.75, 3.05) is 0 Å². The summed E-state index contributed by atoms with van der Waals surface area (Å²) in [4.78, 5) is 0. The second-order valence-corrected chi connectivity index (χ2v) is 8.64. The van der Waals surface area contributed by atoms with Crippen molar-refractivity contribution in [2.45, 2.75) is 43.4 Å². The number of fused-ring (bicyclic) bond motifs is 3. The number of nitrogens with zero attached hydrogens (tertiary/aromatic N) is 1. The topological polar surface area (TPSA) is 63.4 Å². The smallest absolute Gasteiger partial charge is 0.238 e. The van der Waals surface area contributed by atoms with Gasteiger partial charge < -0.3 is 0 Å². The highest BCUT2D eigenvalue weighted by Gasteiger charge is 2.53. The SMILES string of the molecule is NS(=O)(=O)N1C2CCC1CC(F)(c1csc3ccccc13)C2. The van der Waals surface area contributed by atoms with Gasteiger partial charge in [0.25, 0.3) is 10.2 Å². The van der Waals surface area contributed by atoms with Gasteiger partial charge in [0, 0.05) is 35.2 Å². The minimum atomic E-state index is -3.75. The molecule has 2 bridgehead atoms. The number of rotatable bonds is 2. The standard InChI is InChI=1S/C15H17FN2O2S2/c16-15(13-9-21-14-4-2-1-3-12(13)14)7-10-5-6-11(8-15)18(10)22(17,19)20/h1-4,9-11H,5-8H2,(H2,17,19,20). The summed E-state index contributed by atoms with van der Waals surface area (Å²) < 4.78 is 41.6. The molecule has 0 saturated carbocycles. The molecule has 3 heterocycles. The minimum absolute atomic E-state index is 0.195. The molecule has 0 aliphatic carbocycles. The van der Waals surface area contributed by atoms with E-state index < -0.39 is 15.9 Å². The minimum Gasteiger partial charge on any atom is -0.238 e. The summed E-state index contributed by atoms with van der Waals surface area (Å²) in [7, 11) is -3.75. The fourth-order valence-electron chi connectivity index (χ4n) is 4.11. The third kappa shape index (κ3) is 2.11. The normalized spacial score (nSPS) is 32.6. The summed E-state index contributed by atoms with van der Waals surface area (Å²) in [5, 5.41) is 8.14. The highest BCUT2D eigenvalue weighted by molar-refractivity contribution is 7.86. The molecule has 118 valence electrons. The quantitative estimate of drug-likeness (QED) is 0.913. The van der Waals surface area contributed by atoms with E-state index in [1.165, 1.54) is 15.6 Å². The molecule has 2 saturated heterocycles. The first-order valence-electron chi connectivity index (χ1n) is 7.35. The highest BCUT2D eigenvalue weighted by Crippen LogP contribution is 2.51. The lowest BCUT2D eigenvalue weighted by Gasteiger charge is -2.40. The highest BCUT2D eigenvalue weighted by atomic mass is 32.2. The number of halogens is 1. The predicted octanol–water partition coefficient (Wildman–Crippen LogP) is 2.90. The number of hydrogen-bond acceptors (Lipinski definition) is 3. The van der Waals surface area contributed by atoms with Crippen LogP contribution in [0.25, 0.3) is 10.1 Å². The molecule has 1 aromatic heterocycles. The van der Waals surface area contributed by atoms with Crippen LogP contribution in [0.4, 0.5) is 4.39 Å². The fraction of sp³-hybridized carbons (Fsp3) is 0.467. The number of benzene rings is 1. The Labute approximate surface area is 132 Å². The Morgan fingerprint density at radius 1 is 1.23 bits per heavy atom. The van der Waals surface area contributed by atoms with Gasteiger partial charge in [-0.3, -0.25) is 0 Å². The van der Waals surface area contributed by atoms with E-state index in [0.717, 1.165) is 10.1 Å². The van der Waals surface area contributed by atoms with Crippen molar-refractivity contribution in [3.8, 4) is 0 Å². The third-order valence-electron chi connectivity index (χ3n) is 4.93. The van der Waals surface area contributed by atoms with Gasteiger partial charge in [-0.2, -0.15) is 12.7 Å². The summed E-state index contributed by atoms with van der Waals surface area (Å²) in [5.74, 6) is 0. The molecule has 0 amide bonds. The molecule has 22 heavy (non-hydrogen) atoms. The van der Waals surface area contributed by atoms with Gasteiger partial charge in [-0.15, -0.1) is 11.3 Å². The Bertz CT molecular complexity index is 819. The molecule has 2 N–H and O–H groups in total. The molecule has 4 rings (SSSR count). The zero-order valence-corrected chi connectivity index (χ0v) is 13.5. The Hall–Kier alpha value is -1.02. The second kappa shape index (κ2) is 4.74. The van der Waals surface area contributed by atoms with Crippen LogP contribution in [0.15, 0.2) is 29.6 Å². The van der Waals surface area contributed by atoms with E-state index in [1.54, 1.807) is 0 Å². The average molecular weight is 340 g/mol. The molecule has 0 radical (unpaired) electrons. The van der Waals surface area contributed by atoms with Crippen LogP contribution in [0.1, 0.15) is 31.2 Å². The van der Waals surface area contributed by atoms with Crippen molar-refractivity contribution >= 4 is 31.6 Å². The van der Waals surface area contributed by atoms with Crippen LogP contribution in [0.5, 0.6) is 0 Å². The third-order valence-corrected chi connectivity index (χ3v) is 7.08.